The summed E-state index contributed by atoms with van der Waals surface area (Å²) < 4.78 is 0. The number of halogens is 1. The highest BCUT2D eigenvalue weighted by Crippen LogP contribution is 2.16. The largest absolute Gasteiger partial charge is 0.357 e. The first-order valence-corrected chi connectivity index (χ1v) is 9.89. The molecule has 1 unspecified atom stereocenters. The molecule has 1 atom stereocenters. The van der Waals surface area contributed by atoms with Crippen LogP contribution in [0.5, 0.6) is 0 Å². The van der Waals surface area contributed by atoms with Gasteiger partial charge in [0.2, 0.25) is 0 Å². The number of hydrogen-bond donors (Lipinski definition) is 2. The van der Waals surface area contributed by atoms with Crippen LogP contribution >= 0.6 is 24.0 Å². The Kier molecular flexibility index (Phi) is 11.7. The SMILES string of the molecule is C=CCN1CCC(NC(=NCC2CCCCN2CC)NCC)CC1.I. The van der Waals surface area contributed by atoms with Gasteiger partial charge < -0.3 is 10.6 Å². The van der Waals surface area contributed by atoms with Gasteiger partial charge in [0.25, 0.3) is 0 Å². The topological polar surface area (TPSA) is 42.9 Å². The van der Waals surface area contributed by atoms with E-state index in [1.807, 2.05) is 6.08 Å². The number of aliphatic imine (C=N–C) groups is 1. The van der Waals surface area contributed by atoms with Crippen molar-refractivity contribution in [2.24, 2.45) is 4.99 Å². The summed E-state index contributed by atoms with van der Waals surface area (Å²) in [4.78, 5) is 9.96. The van der Waals surface area contributed by atoms with Crippen molar-refractivity contribution in [3.05, 3.63) is 12.7 Å². The summed E-state index contributed by atoms with van der Waals surface area (Å²) in [7, 11) is 0. The Balaban J connectivity index is 0.00000312. The second kappa shape index (κ2) is 12.9. The average molecular weight is 463 g/mol. The smallest absolute Gasteiger partial charge is 0.191 e. The van der Waals surface area contributed by atoms with Crippen molar-refractivity contribution in [3.63, 3.8) is 0 Å². The number of likely N-dealkylation sites (tertiary alicyclic amines) is 2. The maximum absolute atomic E-state index is 4.91. The van der Waals surface area contributed by atoms with Crippen LogP contribution in [0.4, 0.5) is 0 Å². The van der Waals surface area contributed by atoms with E-state index in [2.05, 4.69) is 40.9 Å². The third-order valence-electron chi connectivity index (χ3n) is 5.28. The molecule has 2 heterocycles. The van der Waals surface area contributed by atoms with Crippen molar-refractivity contribution in [2.45, 2.75) is 58.0 Å². The van der Waals surface area contributed by atoms with Crippen LogP contribution in [0.1, 0.15) is 46.0 Å². The van der Waals surface area contributed by atoms with Gasteiger partial charge in [-0.1, -0.05) is 19.4 Å². The Morgan fingerprint density at radius 3 is 2.56 bits per heavy atom. The molecule has 25 heavy (non-hydrogen) atoms. The normalized spacial score (nSPS) is 23.8. The molecule has 0 aromatic heterocycles. The van der Waals surface area contributed by atoms with Gasteiger partial charge in [-0.15, -0.1) is 30.6 Å². The first-order valence-electron chi connectivity index (χ1n) is 9.89. The molecule has 2 aliphatic rings. The van der Waals surface area contributed by atoms with Gasteiger partial charge in [0.1, 0.15) is 0 Å². The number of hydrogen-bond acceptors (Lipinski definition) is 3. The Labute approximate surface area is 171 Å². The lowest BCUT2D eigenvalue weighted by atomic mass is 10.0. The minimum atomic E-state index is 0. The van der Waals surface area contributed by atoms with E-state index >= 15 is 0 Å². The van der Waals surface area contributed by atoms with Gasteiger partial charge in [-0.2, -0.15) is 0 Å². The Morgan fingerprint density at radius 1 is 1.16 bits per heavy atom. The van der Waals surface area contributed by atoms with Crippen LogP contribution in [0.3, 0.4) is 0 Å². The first-order chi connectivity index (χ1) is 11.8. The lowest BCUT2D eigenvalue weighted by molar-refractivity contribution is 0.161. The third-order valence-corrected chi connectivity index (χ3v) is 5.28. The summed E-state index contributed by atoms with van der Waals surface area (Å²) in [6, 6.07) is 1.16. The fraction of sp³-hybridized carbons (Fsp3) is 0.842. The predicted octanol–water partition coefficient (Wildman–Crippen LogP) is 2.68. The molecule has 0 bridgehead atoms. The number of guanidine groups is 1. The number of nitrogens with zero attached hydrogens (tertiary/aromatic N) is 3. The second-order valence-corrected chi connectivity index (χ2v) is 7.01. The number of rotatable bonds is 7. The van der Waals surface area contributed by atoms with Crippen molar-refractivity contribution in [1.82, 2.24) is 20.4 Å². The Morgan fingerprint density at radius 2 is 1.92 bits per heavy atom. The summed E-state index contributed by atoms with van der Waals surface area (Å²) in [6.07, 6.45) is 8.35. The highest BCUT2D eigenvalue weighted by Gasteiger charge is 2.22. The molecule has 6 heteroatoms. The Hall–Kier alpha value is -0.340. The molecule has 0 aliphatic carbocycles. The molecule has 0 saturated carbocycles. The van der Waals surface area contributed by atoms with Gasteiger partial charge in [0.15, 0.2) is 5.96 Å². The fourth-order valence-corrected chi connectivity index (χ4v) is 3.84. The molecule has 2 rings (SSSR count). The first kappa shape index (κ1) is 22.7. The summed E-state index contributed by atoms with van der Waals surface area (Å²) in [5.41, 5.74) is 0. The van der Waals surface area contributed by atoms with E-state index in [1.54, 1.807) is 0 Å². The molecule has 2 aliphatic heterocycles. The zero-order valence-electron chi connectivity index (χ0n) is 16.2. The van der Waals surface area contributed by atoms with Crippen molar-refractivity contribution in [2.75, 3.05) is 45.8 Å². The minimum absolute atomic E-state index is 0. The maximum Gasteiger partial charge on any atom is 0.191 e. The van der Waals surface area contributed by atoms with Crippen LogP contribution in [-0.2, 0) is 0 Å². The molecule has 0 aromatic rings. The molecule has 2 saturated heterocycles. The highest BCUT2D eigenvalue weighted by atomic mass is 127. The number of likely N-dealkylation sites (N-methyl/N-ethyl adjacent to an activating group) is 1. The lowest BCUT2D eigenvalue weighted by Gasteiger charge is -2.34. The van der Waals surface area contributed by atoms with Crippen LogP contribution < -0.4 is 10.6 Å². The number of piperidine rings is 2. The van der Waals surface area contributed by atoms with Crippen LogP contribution in [0.15, 0.2) is 17.6 Å². The molecule has 0 spiro atoms. The van der Waals surface area contributed by atoms with Gasteiger partial charge >= 0.3 is 0 Å². The van der Waals surface area contributed by atoms with Gasteiger partial charge in [0, 0.05) is 38.3 Å². The van der Waals surface area contributed by atoms with Crippen molar-refractivity contribution in [3.8, 4) is 0 Å². The third kappa shape index (κ3) is 7.83. The molecule has 0 amide bonds. The van der Waals surface area contributed by atoms with E-state index < -0.39 is 0 Å². The highest BCUT2D eigenvalue weighted by molar-refractivity contribution is 14.0. The summed E-state index contributed by atoms with van der Waals surface area (Å²) >= 11 is 0. The van der Waals surface area contributed by atoms with Gasteiger partial charge in [0.05, 0.1) is 6.54 Å². The van der Waals surface area contributed by atoms with Gasteiger partial charge in [-0.25, -0.2) is 0 Å². The van der Waals surface area contributed by atoms with Crippen LogP contribution in [0.2, 0.25) is 0 Å². The van der Waals surface area contributed by atoms with E-state index in [4.69, 9.17) is 4.99 Å². The molecule has 0 aromatic carbocycles. The van der Waals surface area contributed by atoms with Gasteiger partial charge in [-0.3, -0.25) is 14.8 Å². The zero-order valence-corrected chi connectivity index (χ0v) is 18.5. The molecule has 2 N–H and O–H groups in total. The van der Waals surface area contributed by atoms with E-state index in [-0.39, 0.29) is 24.0 Å². The molecule has 5 nitrogen and oxygen atoms in total. The van der Waals surface area contributed by atoms with Crippen LogP contribution in [0.25, 0.3) is 0 Å². The molecular formula is C19H38IN5. The van der Waals surface area contributed by atoms with E-state index in [0.29, 0.717) is 12.1 Å². The quantitative estimate of drug-likeness (QED) is 0.264. The van der Waals surface area contributed by atoms with Crippen molar-refractivity contribution in [1.29, 1.82) is 0 Å². The van der Waals surface area contributed by atoms with Crippen molar-refractivity contribution >= 4 is 29.9 Å². The lowest BCUT2D eigenvalue weighted by Crippen LogP contribution is -2.49. The van der Waals surface area contributed by atoms with Crippen LogP contribution in [-0.4, -0.2) is 73.7 Å². The second-order valence-electron chi connectivity index (χ2n) is 7.01. The summed E-state index contributed by atoms with van der Waals surface area (Å²) in [5.74, 6) is 1.00. The summed E-state index contributed by atoms with van der Waals surface area (Å²) in [6.45, 7) is 15.8. The molecular weight excluding hydrogens is 425 g/mol. The van der Waals surface area contributed by atoms with E-state index in [1.165, 1.54) is 38.6 Å². The monoisotopic (exact) mass is 463 g/mol. The molecule has 2 fully saturated rings. The maximum atomic E-state index is 4.91. The van der Waals surface area contributed by atoms with E-state index in [9.17, 15) is 0 Å². The zero-order chi connectivity index (χ0) is 17.2. The van der Waals surface area contributed by atoms with Crippen molar-refractivity contribution < 1.29 is 0 Å². The minimum Gasteiger partial charge on any atom is -0.357 e. The summed E-state index contributed by atoms with van der Waals surface area (Å²) in [5, 5.41) is 7.09. The Bertz CT molecular complexity index is 393. The molecule has 146 valence electrons. The van der Waals surface area contributed by atoms with Gasteiger partial charge in [-0.05, 0) is 45.7 Å². The average Bonchev–Trinajstić information content (AvgIpc) is 2.62. The number of nitrogens with one attached hydrogen (secondary N) is 2. The molecule has 0 radical (unpaired) electrons. The predicted molar refractivity (Wildman–Crippen MR) is 119 cm³/mol. The fourth-order valence-electron chi connectivity index (χ4n) is 3.84. The van der Waals surface area contributed by atoms with E-state index in [0.717, 1.165) is 45.2 Å². The van der Waals surface area contributed by atoms with Crippen LogP contribution in [0, 0.1) is 0 Å². The standard InChI is InChI=1S/C19H37N5.HI/c1-4-12-23-14-10-17(11-15-23)22-19(20-5-2)21-16-18-9-7-8-13-24(18)6-3;/h4,17-18H,1,5-16H2,2-3H3,(H2,20,21,22);1H.